The van der Waals surface area contributed by atoms with Crippen LogP contribution in [0, 0.1) is 30.2 Å². The summed E-state index contributed by atoms with van der Waals surface area (Å²) >= 11 is 0. The molecule has 0 aromatic heterocycles. The van der Waals surface area contributed by atoms with Gasteiger partial charge in [0.05, 0.1) is 5.56 Å². The van der Waals surface area contributed by atoms with Crippen molar-refractivity contribution >= 4 is 11.7 Å². The Balaban J connectivity index is 2.04. The number of hydrogen-bond donors (Lipinski definition) is 0. The molecule has 0 spiro atoms. The van der Waals surface area contributed by atoms with E-state index in [-0.39, 0.29) is 17.7 Å². The summed E-state index contributed by atoms with van der Waals surface area (Å²) in [5, 5.41) is 0. The number of halogens is 9. The first-order valence-corrected chi connectivity index (χ1v) is 8.74. The molecule has 0 saturated heterocycles. The topological polar surface area (TPSA) is 9.23 Å². The van der Waals surface area contributed by atoms with Crippen molar-refractivity contribution in [3.63, 3.8) is 0 Å². The van der Waals surface area contributed by atoms with Crippen molar-refractivity contribution in [2.24, 2.45) is 0 Å². The number of rotatable bonds is 4. The van der Waals surface area contributed by atoms with Crippen LogP contribution >= 0.6 is 0 Å². The Hall–Kier alpha value is -3.43. The monoisotopic (exact) mass is 462 g/mol. The van der Waals surface area contributed by atoms with E-state index >= 15 is 0 Å². The first-order valence-electron chi connectivity index (χ1n) is 8.74. The van der Waals surface area contributed by atoms with Gasteiger partial charge >= 0.3 is 6.36 Å². The zero-order chi connectivity index (χ0) is 23.8. The van der Waals surface area contributed by atoms with Crippen molar-refractivity contribution in [3.8, 4) is 16.9 Å². The fraction of sp³-hybridized carbons (Fsp3) is 0.0909. The lowest BCUT2D eigenvalue weighted by Crippen LogP contribution is -2.19. The molecule has 0 aliphatic carbocycles. The summed E-state index contributed by atoms with van der Waals surface area (Å²) in [6.07, 6.45) is -5.45. The molecule has 0 heterocycles. The second-order valence-electron chi connectivity index (χ2n) is 6.63. The predicted molar refractivity (Wildman–Crippen MR) is 98.6 cm³/mol. The van der Waals surface area contributed by atoms with Gasteiger partial charge in [-0.05, 0) is 42.3 Å². The molecule has 3 aromatic carbocycles. The minimum atomic E-state index is -5.45. The third-order valence-corrected chi connectivity index (χ3v) is 4.31. The lowest BCUT2D eigenvalue weighted by atomic mass is 10.0. The molecule has 3 rings (SSSR count). The Bertz CT molecular complexity index is 1150. The summed E-state index contributed by atoms with van der Waals surface area (Å²) in [6, 6.07) is 7.88. The van der Waals surface area contributed by atoms with Crippen molar-refractivity contribution < 1.29 is 44.3 Å². The fourth-order valence-corrected chi connectivity index (χ4v) is 2.83. The second-order valence-corrected chi connectivity index (χ2v) is 6.63. The highest BCUT2D eigenvalue weighted by Gasteiger charge is 2.34. The fourth-order valence-electron chi connectivity index (χ4n) is 2.83. The molecule has 0 bridgehead atoms. The van der Waals surface area contributed by atoms with Gasteiger partial charge in [-0.1, -0.05) is 29.8 Å². The van der Waals surface area contributed by atoms with Crippen LogP contribution in [-0.4, -0.2) is 6.36 Å². The lowest BCUT2D eigenvalue weighted by molar-refractivity contribution is -0.276. The van der Waals surface area contributed by atoms with Crippen LogP contribution in [0.4, 0.5) is 39.5 Å². The first-order chi connectivity index (χ1) is 14.9. The second kappa shape index (κ2) is 8.60. The minimum absolute atomic E-state index is 0.00442. The van der Waals surface area contributed by atoms with Gasteiger partial charge in [-0.3, -0.25) is 0 Å². The predicted octanol–water partition coefficient (Wildman–Crippen LogP) is 7.88. The van der Waals surface area contributed by atoms with Crippen LogP contribution in [0.3, 0.4) is 0 Å². The van der Waals surface area contributed by atoms with Gasteiger partial charge in [0.1, 0.15) is 11.6 Å². The number of benzene rings is 3. The molecule has 0 amide bonds. The van der Waals surface area contributed by atoms with Crippen molar-refractivity contribution in [1.82, 2.24) is 0 Å². The molecule has 0 radical (unpaired) electrons. The SMILES string of the molecule is Cc1ccc(-c2cc(F)c(/C(F)=C(\F)c3cc(F)c(OC(F)(F)F)c(F)c3)c(F)c2)cc1. The van der Waals surface area contributed by atoms with E-state index in [1.807, 2.05) is 0 Å². The Morgan fingerprint density at radius 2 is 1.19 bits per heavy atom. The molecule has 0 unspecified atom stereocenters. The summed E-state index contributed by atoms with van der Waals surface area (Å²) in [7, 11) is 0. The van der Waals surface area contributed by atoms with Gasteiger partial charge < -0.3 is 4.74 Å². The van der Waals surface area contributed by atoms with E-state index in [1.54, 1.807) is 31.2 Å². The van der Waals surface area contributed by atoms with Crippen molar-refractivity contribution in [2.75, 3.05) is 0 Å². The Kier molecular flexibility index (Phi) is 6.25. The zero-order valence-electron chi connectivity index (χ0n) is 15.9. The normalized spacial score (nSPS) is 12.6. The first kappa shape index (κ1) is 23.2. The van der Waals surface area contributed by atoms with Gasteiger partial charge in [0, 0.05) is 5.56 Å². The third-order valence-electron chi connectivity index (χ3n) is 4.31. The Morgan fingerprint density at radius 1 is 0.688 bits per heavy atom. The zero-order valence-corrected chi connectivity index (χ0v) is 15.9. The summed E-state index contributed by atoms with van der Waals surface area (Å²) in [4.78, 5) is 0. The van der Waals surface area contributed by atoms with Gasteiger partial charge in [-0.2, -0.15) is 0 Å². The average Bonchev–Trinajstić information content (AvgIpc) is 2.69. The highest BCUT2D eigenvalue weighted by atomic mass is 19.4. The van der Waals surface area contributed by atoms with Gasteiger partial charge in [0.2, 0.25) is 5.75 Å². The standard InChI is InChI=1S/C22H11F9O/c1-10-2-4-11(5-3-10)12-6-14(23)18(15(24)7-12)20(28)19(27)13-8-16(25)21(17(26)9-13)32-22(29,30)31/h2-9H,1H3/b20-19+. The van der Waals surface area contributed by atoms with Crippen LogP contribution in [0.5, 0.6) is 5.75 Å². The van der Waals surface area contributed by atoms with Crippen molar-refractivity contribution in [2.45, 2.75) is 13.3 Å². The molecular formula is C22H11F9O. The van der Waals surface area contributed by atoms with Crippen molar-refractivity contribution in [3.05, 3.63) is 88.5 Å². The number of hydrogen-bond acceptors (Lipinski definition) is 1. The maximum absolute atomic E-state index is 14.5. The molecule has 0 atom stereocenters. The Labute approximate surface area is 175 Å². The van der Waals surface area contributed by atoms with E-state index in [9.17, 15) is 39.5 Å². The molecule has 10 heteroatoms. The van der Waals surface area contributed by atoms with Crippen LogP contribution in [0.25, 0.3) is 22.8 Å². The van der Waals surface area contributed by atoms with E-state index < -0.39 is 58.2 Å². The molecule has 168 valence electrons. The van der Waals surface area contributed by atoms with E-state index in [1.165, 1.54) is 0 Å². The highest BCUT2D eigenvalue weighted by Crippen LogP contribution is 2.37. The molecule has 0 N–H and O–H groups in total. The summed E-state index contributed by atoms with van der Waals surface area (Å²) < 4.78 is 125. The molecule has 1 nitrogen and oxygen atoms in total. The number of aryl methyl sites for hydroxylation is 1. The maximum Gasteiger partial charge on any atom is 0.573 e. The summed E-state index contributed by atoms with van der Waals surface area (Å²) in [5.41, 5.74) is -1.41. The number of ether oxygens (including phenoxy) is 1. The third kappa shape index (κ3) is 4.90. The minimum Gasteiger partial charge on any atom is -0.399 e. The van der Waals surface area contributed by atoms with Gasteiger partial charge in [0.25, 0.3) is 0 Å². The molecule has 0 saturated carbocycles. The maximum atomic E-state index is 14.5. The van der Waals surface area contributed by atoms with E-state index in [2.05, 4.69) is 4.74 Å². The molecule has 0 aliphatic rings. The summed E-state index contributed by atoms with van der Waals surface area (Å²) in [6.45, 7) is 1.78. The molecule has 3 aromatic rings. The quantitative estimate of drug-likeness (QED) is 0.283. The van der Waals surface area contributed by atoms with Gasteiger partial charge in [-0.15, -0.1) is 13.2 Å². The molecule has 0 aliphatic heterocycles. The lowest BCUT2D eigenvalue weighted by Gasteiger charge is -2.12. The average molecular weight is 462 g/mol. The van der Waals surface area contributed by atoms with Crippen LogP contribution in [-0.2, 0) is 0 Å². The van der Waals surface area contributed by atoms with Crippen LogP contribution < -0.4 is 4.74 Å². The van der Waals surface area contributed by atoms with Crippen LogP contribution in [0.15, 0.2) is 48.5 Å². The van der Waals surface area contributed by atoms with E-state index in [0.717, 1.165) is 17.7 Å². The highest BCUT2D eigenvalue weighted by molar-refractivity contribution is 5.84. The van der Waals surface area contributed by atoms with Gasteiger partial charge in [0.15, 0.2) is 23.3 Å². The largest absolute Gasteiger partial charge is 0.573 e. The Morgan fingerprint density at radius 3 is 1.66 bits per heavy atom. The molecular weight excluding hydrogens is 451 g/mol. The van der Waals surface area contributed by atoms with E-state index in [0.29, 0.717) is 5.56 Å². The van der Waals surface area contributed by atoms with E-state index in [4.69, 9.17) is 0 Å². The molecule has 32 heavy (non-hydrogen) atoms. The number of alkyl halides is 3. The van der Waals surface area contributed by atoms with Gasteiger partial charge in [-0.25, -0.2) is 26.3 Å². The smallest absolute Gasteiger partial charge is 0.399 e. The summed E-state index contributed by atoms with van der Waals surface area (Å²) in [5.74, 6) is -13.2. The van der Waals surface area contributed by atoms with Crippen molar-refractivity contribution in [1.29, 1.82) is 0 Å². The molecule has 0 fully saturated rings. The van der Waals surface area contributed by atoms with Crippen LogP contribution in [0.2, 0.25) is 0 Å². The van der Waals surface area contributed by atoms with Crippen LogP contribution in [0.1, 0.15) is 16.7 Å².